The number of carbonyl (C=O) groups excluding carboxylic acids is 1. The van der Waals surface area contributed by atoms with E-state index in [4.69, 9.17) is 16.3 Å². The summed E-state index contributed by atoms with van der Waals surface area (Å²) in [4.78, 5) is 10.9. The van der Waals surface area contributed by atoms with Crippen molar-refractivity contribution in [1.29, 1.82) is 0 Å². The summed E-state index contributed by atoms with van der Waals surface area (Å²) in [5.41, 5.74) is 1.52. The van der Waals surface area contributed by atoms with Crippen LogP contribution in [-0.4, -0.2) is 18.4 Å². The van der Waals surface area contributed by atoms with Crippen LogP contribution in [0.2, 0.25) is 0 Å². The highest BCUT2D eigenvalue weighted by Crippen LogP contribution is 2.17. The minimum atomic E-state index is -0.109. The third-order valence-corrected chi connectivity index (χ3v) is 2.16. The van der Waals surface area contributed by atoms with Crippen molar-refractivity contribution in [3.8, 4) is 5.75 Å². The maximum Gasteiger partial charge on any atom is 0.221 e. The van der Waals surface area contributed by atoms with Gasteiger partial charge in [-0.1, -0.05) is 12.6 Å². The van der Waals surface area contributed by atoms with E-state index in [1.54, 1.807) is 12.1 Å². The molecular weight excluding hydrogens is 226 g/mol. The smallest absolute Gasteiger partial charge is 0.221 e. The molecule has 0 fully saturated rings. The SMILES string of the molecule is C=C(CCl)COc1cccc(NC(C)=O)c1. The van der Waals surface area contributed by atoms with E-state index in [2.05, 4.69) is 11.9 Å². The number of nitrogens with one attached hydrogen (secondary N) is 1. The first-order chi connectivity index (χ1) is 7.61. The van der Waals surface area contributed by atoms with Crippen LogP contribution in [0.1, 0.15) is 6.92 Å². The zero-order valence-electron chi connectivity index (χ0n) is 9.13. The second kappa shape index (κ2) is 6.18. The zero-order chi connectivity index (χ0) is 12.0. The van der Waals surface area contributed by atoms with Crippen LogP contribution in [0.5, 0.6) is 5.75 Å². The van der Waals surface area contributed by atoms with E-state index in [0.717, 1.165) is 5.57 Å². The van der Waals surface area contributed by atoms with Gasteiger partial charge in [0.15, 0.2) is 0 Å². The van der Waals surface area contributed by atoms with Crippen LogP contribution in [0.15, 0.2) is 36.4 Å². The van der Waals surface area contributed by atoms with Gasteiger partial charge >= 0.3 is 0 Å². The quantitative estimate of drug-likeness (QED) is 0.634. The number of amides is 1. The molecule has 1 aromatic rings. The lowest BCUT2D eigenvalue weighted by molar-refractivity contribution is -0.114. The van der Waals surface area contributed by atoms with Crippen LogP contribution in [-0.2, 0) is 4.79 Å². The van der Waals surface area contributed by atoms with E-state index >= 15 is 0 Å². The van der Waals surface area contributed by atoms with Crippen molar-refractivity contribution in [3.05, 3.63) is 36.4 Å². The Morgan fingerprint density at radius 1 is 1.56 bits per heavy atom. The molecule has 0 bridgehead atoms. The summed E-state index contributed by atoms with van der Waals surface area (Å²) in [6.07, 6.45) is 0. The van der Waals surface area contributed by atoms with E-state index in [0.29, 0.717) is 23.9 Å². The fraction of sp³-hybridized carbons (Fsp3) is 0.250. The van der Waals surface area contributed by atoms with E-state index in [1.807, 2.05) is 12.1 Å². The Morgan fingerprint density at radius 2 is 2.31 bits per heavy atom. The van der Waals surface area contributed by atoms with Gasteiger partial charge in [-0.2, -0.15) is 0 Å². The molecule has 1 rings (SSSR count). The molecule has 86 valence electrons. The minimum Gasteiger partial charge on any atom is -0.489 e. The van der Waals surface area contributed by atoms with Gasteiger partial charge in [0.05, 0.1) is 0 Å². The monoisotopic (exact) mass is 239 g/mol. The van der Waals surface area contributed by atoms with Crippen molar-refractivity contribution in [3.63, 3.8) is 0 Å². The van der Waals surface area contributed by atoms with Gasteiger partial charge in [-0.3, -0.25) is 4.79 Å². The van der Waals surface area contributed by atoms with Crippen LogP contribution in [0.25, 0.3) is 0 Å². The Kier molecular flexibility index (Phi) is 4.86. The van der Waals surface area contributed by atoms with E-state index in [9.17, 15) is 4.79 Å². The molecule has 0 spiro atoms. The van der Waals surface area contributed by atoms with Crippen molar-refractivity contribution >= 4 is 23.2 Å². The van der Waals surface area contributed by atoms with Gasteiger partial charge in [0.1, 0.15) is 12.4 Å². The van der Waals surface area contributed by atoms with Gasteiger partial charge in [0, 0.05) is 24.6 Å². The van der Waals surface area contributed by atoms with Crippen molar-refractivity contribution in [2.75, 3.05) is 17.8 Å². The highest BCUT2D eigenvalue weighted by atomic mass is 35.5. The summed E-state index contributed by atoms with van der Waals surface area (Å²) >= 11 is 5.58. The van der Waals surface area contributed by atoms with Gasteiger partial charge in [-0.05, 0) is 17.7 Å². The van der Waals surface area contributed by atoms with E-state index in [-0.39, 0.29) is 5.91 Å². The standard InChI is InChI=1S/C12H14ClNO2/c1-9(7-13)8-16-12-5-3-4-11(6-12)14-10(2)15/h3-6H,1,7-8H2,2H3,(H,14,15). The lowest BCUT2D eigenvalue weighted by Crippen LogP contribution is -2.06. The molecule has 0 saturated heterocycles. The Balaban J connectivity index is 2.60. The van der Waals surface area contributed by atoms with Crippen LogP contribution >= 0.6 is 11.6 Å². The first-order valence-electron chi connectivity index (χ1n) is 4.85. The molecule has 3 nitrogen and oxygen atoms in total. The molecule has 0 aliphatic heterocycles. The molecule has 0 unspecified atom stereocenters. The third kappa shape index (κ3) is 4.36. The molecule has 0 aromatic heterocycles. The molecule has 0 atom stereocenters. The molecule has 16 heavy (non-hydrogen) atoms. The van der Waals surface area contributed by atoms with Crippen molar-refractivity contribution < 1.29 is 9.53 Å². The lowest BCUT2D eigenvalue weighted by Gasteiger charge is -2.08. The number of carbonyl (C=O) groups is 1. The van der Waals surface area contributed by atoms with Crippen LogP contribution in [0.4, 0.5) is 5.69 Å². The highest BCUT2D eigenvalue weighted by molar-refractivity contribution is 6.19. The van der Waals surface area contributed by atoms with Crippen molar-refractivity contribution in [1.82, 2.24) is 0 Å². The maximum absolute atomic E-state index is 10.9. The van der Waals surface area contributed by atoms with E-state index < -0.39 is 0 Å². The number of benzene rings is 1. The van der Waals surface area contributed by atoms with Crippen LogP contribution in [0.3, 0.4) is 0 Å². The number of hydrogen-bond donors (Lipinski definition) is 1. The molecule has 0 heterocycles. The minimum absolute atomic E-state index is 0.109. The average Bonchev–Trinajstić information content (AvgIpc) is 2.25. The Hall–Kier alpha value is -1.48. The van der Waals surface area contributed by atoms with Crippen LogP contribution < -0.4 is 10.1 Å². The molecule has 0 aliphatic carbocycles. The predicted molar refractivity (Wildman–Crippen MR) is 66.1 cm³/mol. The molecule has 4 heteroatoms. The number of alkyl halides is 1. The summed E-state index contributed by atoms with van der Waals surface area (Å²) in [6, 6.07) is 7.17. The Bertz CT molecular complexity index is 390. The van der Waals surface area contributed by atoms with Crippen LogP contribution in [0, 0.1) is 0 Å². The first-order valence-corrected chi connectivity index (χ1v) is 5.38. The molecule has 1 N–H and O–H groups in total. The summed E-state index contributed by atoms with van der Waals surface area (Å²) in [6.45, 7) is 5.58. The summed E-state index contributed by atoms with van der Waals surface area (Å²) in [5.74, 6) is 0.950. The topological polar surface area (TPSA) is 38.3 Å². The molecule has 1 amide bonds. The fourth-order valence-corrected chi connectivity index (χ4v) is 1.17. The fourth-order valence-electron chi connectivity index (χ4n) is 1.09. The summed E-state index contributed by atoms with van der Waals surface area (Å²) in [7, 11) is 0. The summed E-state index contributed by atoms with van der Waals surface area (Å²) in [5, 5.41) is 2.68. The number of anilines is 1. The van der Waals surface area contributed by atoms with Gasteiger partial charge < -0.3 is 10.1 Å². The van der Waals surface area contributed by atoms with Gasteiger partial charge in [-0.25, -0.2) is 0 Å². The third-order valence-electron chi connectivity index (χ3n) is 1.79. The Labute approximate surface area is 100 Å². The second-order valence-electron chi connectivity index (χ2n) is 3.38. The molecule has 1 aromatic carbocycles. The molecule has 0 saturated carbocycles. The van der Waals surface area contributed by atoms with Gasteiger partial charge in [0.25, 0.3) is 0 Å². The average molecular weight is 240 g/mol. The molecule has 0 aliphatic rings. The predicted octanol–water partition coefficient (Wildman–Crippen LogP) is 2.82. The van der Waals surface area contributed by atoms with Crippen molar-refractivity contribution in [2.24, 2.45) is 0 Å². The second-order valence-corrected chi connectivity index (χ2v) is 3.65. The number of hydrogen-bond acceptors (Lipinski definition) is 2. The maximum atomic E-state index is 10.9. The zero-order valence-corrected chi connectivity index (χ0v) is 9.88. The number of rotatable bonds is 5. The number of halogens is 1. The largest absolute Gasteiger partial charge is 0.489 e. The summed E-state index contributed by atoms with van der Waals surface area (Å²) < 4.78 is 5.45. The normalized spacial score (nSPS) is 9.62. The first kappa shape index (κ1) is 12.6. The van der Waals surface area contributed by atoms with E-state index in [1.165, 1.54) is 6.92 Å². The van der Waals surface area contributed by atoms with Gasteiger partial charge in [-0.15, -0.1) is 11.6 Å². The van der Waals surface area contributed by atoms with Gasteiger partial charge in [0.2, 0.25) is 5.91 Å². The Morgan fingerprint density at radius 3 is 2.94 bits per heavy atom. The van der Waals surface area contributed by atoms with Crippen molar-refractivity contribution in [2.45, 2.75) is 6.92 Å². The highest BCUT2D eigenvalue weighted by Gasteiger charge is 1.99. The molecule has 0 radical (unpaired) electrons. The molecular formula is C12H14ClNO2. The lowest BCUT2D eigenvalue weighted by atomic mass is 10.3. The number of ether oxygens (including phenoxy) is 1.